The Morgan fingerprint density at radius 2 is 2.09 bits per heavy atom. The number of piperazine rings is 1. The molecule has 0 aromatic carbocycles. The average Bonchev–Trinajstić information content (AvgIpc) is 2.93. The highest BCUT2D eigenvalue weighted by Gasteiger charge is 2.36. The highest BCUT2D eigenvalue weighted by atomic mass is 19.1. The van der Waals surface area contributed by atoms with Crippen LogP contribution in [0.15, 0.2) is 33.7 Å². The zero-order valence-electron chi connectivity index (χ0n) is 13.3. The molecule has 5 nitrogen and oxygen atoms in total. The van der Waals surface area contributed by atoms with Gasteiger partial charge in [0.2, 0.25) is 5.91 Å². The summed E-state index contributed by atoms with van der Waals surface area (Å²) in [7, 11) is 0. The number of carbonyl (C=O) groups excluding carboxylic acids is 1. The predicted octanol–water partition coefficient (Wildman–Crippen LogP) is 1.78. The summed E-state index contributed by atoms with van der Waals surface area (Å²) in [5.74, 6) is -0.233. The number of hydrogen-bond donors (Lipinski definition) is 1. The van der Waals surface area contributed by atoms with Crippen LogP contribution in [0.2, 0.25) is 0 Å². The van der Waals surface area contributed by atoms with E-state index >= 15 is 0 Å². The number of halogens is 2. The van der Waals surface area contributed by atoms with Crippen LogP contribution in [0.1, 0.15) is 20.3 Å². The van der Waals surface area contributed by atoms with Crippen LogP contribution in [0.25, 0.3) is 0 Å². The van der Waals surface area contributed by atoms with Gasteiger partial charge in [0.15, 0.2) is 6.17 Å². The summed E-state index contributed by atoms with van der Waals surface area (Å²) in [4.78, 5) is 22.7. The van der Waals surface area contributed by atoms with Crippen molar-refractivity contribution in [3.63, 3.8) is 0 Å². The van der Waals surface area contributed by atoms with Crippen LogP contribution in [0.3, 0.4) is 0 Å². The summed E-state index contributed by atoms with van der Waals surface area (Å²) in [5, 5.41) is 3.20. The van der Waals surface area contributed by atoms with Crippen molar-refractivity contribution in [2.45, 2.75) is 26.4 Å². The lowest BCUT2D eigenvalue weighted by atomic mass is 9.87. The number of alkyl halides is 1. The van der Waals surface area contributed by atoms with Gasteiger partial charge in [0.05, 0.1) is 5.70 Å². The third-order valence-corrected chi connectivity index (χ3v) is 4.22. The second-order valence-electron chi connectivity index (χ2n) is 6.61. The molecule has 0 aromatic heterocycles. The smallest absolute Gasteiger partial charge is 0.223 e. The standard InChI is InChI=1S/C16H20F2N4O/c1-16(2,9-13(23)22-5-3-19-4-6-22)15-20-12-8-10(17)7-11(18)14(12)21-15/h7-8,11,19H,3-6,9H2,1-2H3. The molecule has 3 aliphatic rings. The van der Waals surface area contributed by atoms with Crippen molar-refractivity contribution < 1.29 is 13.6 Å². The molecule has 1 atom stereocenters. The molecule has 1 fully saturated rings. The van der Waals surface area contributed by atoms with Gasteiger partial charge in [-0.25, -0.2) is 18.8 Å². The maximum atomic E-state index is 13.9. The molecule has 124 valence electrons. The Bertz CT molecular complexity index is 642. The molecule has 7 heteroatoms. The van der Waals surface area contributed by atoms with Crippen molar-refractivity contribution in [1.82, 2.24) is 10.2 Å². The third-order valence-electron chi connectivity index (χ3n) is 4.22. The first-order chi connectivity index (χ1) is 10.9. The summed E-state index contributed by atoms with van der Waals surface area (Å²) in [6.07, 6.45) is 0.703. The maximum Gasteiger partial charge on any atom is 0.223 e. The minimum Gasteiger partial charge on any atom is -0.340 e. The molecule has 1 aliphatic carbocycles. The first-order valence-electron chi connectivity index (χ1n) is 7.76. The van der Waals surface area contributed by atoms with E-state index in [2.05, 4.69) is 15.3 Å². The van der Waals surface area contributed by atoms with E-state index in [-0.39, 0.29) is 23.7 Å². The van der Waals surface area contributed by atoms with E-state index in [1.165, 1.54) is 6.08 Å². The molecule has 0 saturated carbocycles. The second-order valence-corrected chi connectivity index (χ2v) is 6.61. The monoisotopic (exact) mass is 322 g/mol. The molecule has 1 N–H and O–H groups in total. The second kappa shape index (κ2) is 5.96. The SMILES string of the molecule is CC(C)(CC(=O)N1CCNCC1)C1=NC2=CC(F)=CC(F)C2=N1. The zero-order chi connectivity index (χ0) is 16.6. The van der Waals surface area contributed by atoms with Gasteiger partial charge in [-0.3, -0.25) is 4.79 Å². The van der Waals surface area contributed by atoms with Crippen LogP contribution < -0.4 is 5.32 Å². The number of fused-ring (bicyclic) bond motifs is 1. The number of aliphatic imine (C=N–C) groups is 2. The lowest BCUT2D eigenvalue weighted by Gasteiger charge is -2.31. The minimum absolute atomic E-state index is 0.0318. The molecule has 23 heavy (non-hydrogen) atoms. The fourth-order valence-electron chi connectivity index (χ4n) is 2.86. The van der Waals surface area contributed by atoms with Crippen molar-refractivity contribution in [1.29, 1.82) is 0 Å². The molecule has 1 unspecified atom stereocenters. The number of amides is 1. The van der Waals surface area contributed by atoms with Gasteiger partial charge < -0.3 is 10.2 Å². The fourth-order valence-corrected chi connectivity index (χ4v) is 2.86. The van der Waals surface area contributed by atoms with Crippen LogP contribution >= 0.6 is 0 Å². The highest BCUT2D eigenvalue weighted by Crippen LogP contribution is 2.32. The summed E-state index contributed by atoms with van der Waals surface area (Å²) in [5.41, 5.74) is -0.289. The van der Waals surface area contributed by atoms with E-state index < -0.39 is 17.4 Å². The van der Waals surface area contributed by atoms with Crippen LogP contribution in [-0.2, 0) is 4.79 Å². The molecule has 1 saturated heterocycles. The number of rotatable bonds is 3. The van der Waals surface area contributed by atoms with E-state index in [0.717, 1.165) is 19.2 Å². The van der Waals surface area contributed by atoms with Gasteiger partial charge in [0, 0.05) is 44.1 Å². The Morgan fingerprint density at radius 1 is 1.39 bits per heavy atom. The maximum absolute atomic E-state index is 13.9. The van der Waals surface area contributed by atoms with Crippen molar-refractivity contribution >= 4 is 17.5 Å². The largest absolute Gasteiger partial charge is 0.340 e. The minimum atomic E-state index is -1.59. The molecule has 3 rings (SSSR count). The number of carbonyl (C=O) groups is 1. The molecule has 2 heterocycles. The molecule has 0 radical (unpaired) electrons. The van der Waals surface area contributed by atoms with Crippen molar-refractivity contribution in [2.75, 3.05) is 26.2 Å². The van der Waals surface area contributed by atoms with Crippen molar-refractivity contribution in [2.24, 2.45) is 15.4 Å². The van der Waals surface area contributed by atoms with E-state index in [1.54, 1.807) is 0 Å². The fraction of sp³-hybridized carbons (Fsp3) is 0.562. The van der Waals surface area contributed by atoms with Crippen molar-refractivity contribution in [3.05, 3.63) is 23.7 Å². The quantitative estimate of drug-likeness (QED) is 0.861. The first-order valence-corrected chi connectivity index (χ1v) is 7.76. The van der Waals surface area contributed by atoms with Gasteiger partial charge in [-0.15, -0.1) is 0 Å². The normalized spacial score (nSPS) is 24.5. The Kier molecular flexibility index (Phi) is 4.14. The number of nitrogens with zero attached hydrogens (tertiary/aromatic N) is 3. The summed E-state index contributed by atoms with van der Waals surface area (Å²) < 4.78 is 27.2. The summed E-state index contributed by atoms with van der Waals surface area (Å²) in [6, 6.07) is 0. The van der Waals surface area contributed by atoms with E-state index in [4.69, 9.17) is 0 Å². The van der Waals surface area contributed by atoms with Gasteiger partial charge >= 0.3 is 0 Å². The molecular formula is C16H20F2N4O. The number of hydrogen-bond acceptors (Lipinski definition) is 4. The zero-order valence-corrected chi connectivity index (χ0v) is 13.3. The Hall–Kier alpha value is -1.89. The van der Waals surface area contributed by atoms with E-state index in [9.17, 15) is 13.6 Å². The molecular weight excluding hydrogens is 302 g/mol. The first kappa shape index (κ1) is 16.0. The van der Waals surface area contributed by atoms with E-state index in [1.807, 2.05) is 18.7 Å². The van der Waals surface area contributed by atoms with Gasteiger partial charge in [-0.1, -0.05) is 13.8 Å². The Morgan fingerprint density at radius 3 is 2.78 bits per heavy atom. The van der Waals surface area contributed by atoms with Crippen LogP contribution in [0.4, 0.5) is 8.78 Å². The molecule has 0 bridgehead atoms. The van der Waals surface area contributed by atoms with Crippen LogP contribution in [0.5, 0.6) is 0 Å². The average molecular weight is 322 g/mol. The van der Waals surface area contributed by atoms with Gasteiger partial charge in [-0.05, 0) is 6.08 Å². The highest BCUT2D eigenvalue weighted by molar-refractivity contribution is 6.18. The van der Waals surface area contributed by atoms with E-state index in [0.29, 0.717) is 18.9 Å². The summed E-state index contributed by atoms with van der Waals surface area (Å²) >= 11 is 0. The van der Waals surface area contributed by atoms with Gasteiger partial charge in [0.1, 0.15) is 17.4 Å². The third kappa shape index (κ3) is 3.24. The lowest BCUT2D eigenvalue weighted by molar-refractivity contribution is -0.133. The number of nitrogens with one attached hydrogen (secondary N) is 1. The lowest BCUT2D eigenvalue weighted by Crippen LogP contribution is -2.47. The van der Waals surface area contributed by atoms with Gasteiger partial charge in [-0.2, -0.15) is 0 Å². The topological polar surface area (TPSA) is 57.1 Å². The van der Waals surface area contributed by atoms with Crippen LogP contribution in [0, 0.1) is 5.41 Å². The molecule has 0 aromatic rings. The van der Waals surface area contributed by atoms with Gasteiger partial charge in [0.25, 0.3) is 0 Å². The predicted molar refractivity (Wildman–Crippen MR) is 84.9 cm³/mol. The summed E-state index contributed by atoms with van der Waals surface area (Å²) in [6.45, 7) is 6.65. The van der Waals surface area contributed by atoms with Crippen LogP contribution in [-0.4, -0.2) is 54.7 Å². The molecule has 0 spiro atoms. The molecule has 1 amide bonds. The molecule has 2 aliphatic heterocycles. The number of amidine groups is 1. The Labute approximate surface area is 133 Å². The Balaban J connectivity index is 1.74. The van der Waals surface area contributed by atoms with Crippen molar-refractivity contribution in [3.8, 4) is 0 Å². The number of allylic oxidation sites excluding steroid dienone is 4.